The Hall–Kier alpha value is -1.78. The highest BCUT2D eigenvalue weighted by Crippen LogP contribution is 2.40. The molecule has 0 aliphatic rings. The largest absolute Gasteiger partial charge is 0.495 e. The van der Waals surface area contributed by atoms with E-state index < -0.39 is 6.04 Å². The normalized spacial score (nSPS) is 12.1. The molecule has 0 spiro atoms. The molecule has 2 rings (SSSR count). The fourth-order valence-electron chi connectivity index (χ4n) is 2.23. The van der Waals surface area contributed by atoms with Crippen molar-refractivity contribution >= 4 is 11.6 Å². The number of hydrogen-bond donors (Lipinski definition) is 1. The van der Waals surface area contributed by atoms with Gasteiger partial charge in [-0.25, -0.2) is 4.39 Å². The summed E-state index contributed by atoms with van der Waals surface area (Å²) < 4.78 is 24.5. The van der Waals surface area contributed by atoms with Crippen LogP contribution in [-0.4, -0.2) is 14.2 Å². The van der Waals surface area contributed by atoms with Crippen molar-refractivity contribution in [1.29, 1.82) is 0 Å². The van der Waals surface area contributed by atoms with Crippen LogP contribution in [0.25, 0.3) is 0 Å². The molecule has 0 saturated carbocycles. The SMILES string of the molecule is COc1ccc(C(N)c2cc(C)ccc2F)c(OC)c1Cl. The molecule has 1 unspecified atom stereocenters. The highest BCUT2D eigenvalue weighted by molar-refractivity contribution is 6.33. The van der Waals surface area contributed by atoms with E-state index in [1.54, 1.807) is 24.3 Å². The third-order valence-corrected chi connectivity index (χ3v) is 3.70. The molecule has 2 N–H and O–H groups in total. The summed E-state index contributed by atoms with van der Waals surface area (Å²) in [6.07, 6.45) is 0. The van der Waals surface area contributed by atoms with Crippen LogP contribution in [-0.2, 0) is 0 Å². The van der Waals surface area contributed by atoms with Gasteiger partial charge in [0.25, 0.3) is 0 Å². The van der Waals surface area contributed by atoms with Gasteiger partial charge in [-0.2, -0.15) is 0 Å². The predicted octanol–water partition coefficient (Wildman–Crippen LogP) is 3.85. The summed E-state index contributed by atoms with van der Waals surface area (Å²) >= 11 is 6.22. The quantitative estimate of drug-likeness (QED) is 0.933. The molecular weight excluding hydrogens is 293 g/mol. The standard InChI is InChI=1S/C16H17ClFNO2/c1-9-4-6-12(18)11(8-9)15(19)10-5-7-13(20-2)14(17)16(10)21-3/h4-8,15H,19H2,1-3H3. The van der Waals surface area contributed by atoms with E-state index in [4.69, 9.17) is 26.8 Å². The number of aryl methyl sites for hydroxylation is 1. The third-order valence-electron chi connectivity index (χ3n) is 3.34. The number of methoxy groups -OCH3 is 2. The fraction of sp³-hybridized carbons (Fsp3) is 0.250. The molecule has 0 radical (unpaired) electrons. The van der Waals surface area contributed by atoms with Gasteiger partial charge in [0.1, 0.15) is 22.3 Å². The first-order valence-corrected chi connectivity index (χ1v) is 6.79. The fourth-order valence-corrected chi connectivity index (χ4v) is 2.56. The minimum Gasteiger partial charge on any atom is -0.495 e. The van der Waals surface area contributed by atoms with E-state index in [1.165, 1.54) is 20.3 Å². The molecule has 0 aliphatic carbocycles. The molecule has 0 amide bonds. The average Bonchev–Trinajstić information content (AvgIpc) is 2.48. The maximum atomic E-state index is 14.0. The molecule has 0 aliphatic heterocycles. The lowest BCUT2D eigenvalue weighted by Crippen LogP contribution is -2.15. The van der Waals surface area contributed by atoms with E-state index in [9.17, 15) is 4.39 Å². The summed E-state index contributed by atoms with van der Waals surface area (Å²) in [5.41, 5.74) is 8.14. The van der Waals surface area contributed by atoms with Crippen molar-refractivity contribution in [3.8, 4) is 11.5 Å². The molecule has 1 atom stereocenters. The van der Waals surface area contributed by atoms with Gasteiger partial charge in [0.05, 0.1) is 20.3 Å². The molecule has 21 heavy (non-hydrogen) atoms. The molecule has 0 heterocycles. The molecule has 0 saturated heterocycles. The Kier molecular flexibility index (Phi) is 4.70. The van der Waals surface area contributed by atoms with Crippen LogP contribution < -0.4 is 15.2 Å². The van der Waals surface area contributed by atoms with Crippen molar-refractivity contribution in [2.45, 2.75) is 13.0 Å². The summed E-state index contributed by atoms with van der Waals surface area (Å²) in [6, 6.07) is 7.57. The molecule has 2 aromatic rings. The Morgan fingerprint density at radius 3 is 2.43 bits per heavy atom. The zero-order valence-corrected chi connectivity index (χ0v) is 12.9. The Morgan fingerprint density at radius 2 is 1.81 bits per heavy atom. The maximum absolute atomic E-state index is 14.0. The second kappa shape index (κ2) is 6.33. The van der Waals surface area contributed by atoms with Crippen LogP contribution in [0.15, 0.2) is 30.3 Å². The van der Waals surface area contributed by atoms with Gasteiger partial charge >= 0.3 is 0 Å². The van der Waals surface area contributed by atoms with Crippen LogP contribution in [0.4, 0.5) is 4.39 Å². The highest BCUT2D eigenvalue weighted by Gasteiger charge is 2.21. The van der Waals surface area contributed by atoms with E-state index in [1.807, 2.05) is 6.92 Å². The van der Waals surface area contributed by atoms with Crippen molar-refractivity contribution < 1.29 is 13.9 Å². The van der Waals surface area contributed by atoms with E-state index >= 15 is 0 Å². The number of hydrogen-bond acceptors (Lipinski definition) is 3. The van der Waals surface area contributed by atoms with Gasteiger partial charge in [-0.15, -0.1) is 0 Å². The van der Waals surface area contributed by atoms with Crippen LogP contribution >= 0.6 is 11.6 Å². The lowest BCUT2D eigenvalue weighted by atomic mass is 9.96. The molecule has 0 aromatic heterocycles. The Bertz CT molecular complexity index is 661. The molecule has 2 aromatic carbocycles. The van der Waals surface area contributed by atoms with Crippen molar-refractivity contribution in [1.82, 2.24) is 0 Å². The Morgan fingerprint density at radius 1 is 1.10 bits per heavy atom. The Labute approximate surface area is 128 Å². The molecule has 112 valence electrons. The monoisotopic (exact) mass is 309 g/mol. The van der Waals surface area contributed by atoms with E-state index in [2.05, 4.69) is 0 Å². The smallest absolute Gasteiger partial charge is 0.146 e. The van der Waals surface area contributed by atoms with Gasteiger partial charge in [-0.05, 0) is 25.1 Å². The van der Waals surface area contributed by atoms with E-state index in [0.717, 1.165) is 5.56 Å². The number of halogens is 2. The second-order valence-corrected chi connectivity index (χ2v) is 5.08. The van der Waals surface area contributed by atoms with Crippen molar-refractivity contribution in [3.63, 3.8) is 0 Å². The summed E-state index contributed by atoms with van der Waals surface area (Å²) in [5.74, 6) is 0.515. The van der Waals surface area contributed by atoms with E-state index in [-0.39, 0.29) is 5.82 Å². The van der Waals surface area contributed by atoms with Crippen LogP contribution in [0.1, 0.15) is 22.7 Å². The van der Waals surface area contributed by atoms with Crippen molar-refractivity contribution in [2.75, 3.05) is 14.2 Å². The zero-order chi connectivity index (χ0) is 15.6. The maximum Gasteiger partial charge on any atom is 0.146 e. The number of ether oxygens (including phenoxy) is 2. The summed E-state index contributed by atoms with van der Waals surface area (Å²) in [5, 5.41) is 0.320. The van der Waals surface area contributed by atoms with Crippen LogP contribution in [0, 0.1) is 12.7 Å². The minimum absolute atomic E-state index is 0.320. The lowest BCUT2D eigenvalue weighted by Gasteiger charge is -2.19. The van der Waals surface area contributed by atoms with Gasteiger partial charge in [-0.1, -0.05) is 29.3 Å². The first-order chi connectivity index (χ1) is 9.99. The molecule has 5 heteroatoms. The lowest BCUT2D eigenvalue weighted by molar-refractivity contribution is 0.390. The molecular formula is C16H17ClFNO2. The van der Waals surface area contributed by atoms with Crippen LogP contribution in [0.3, 0.4) is 0 Å². The topological polar surface area (TPSA) is 44.5 Å². The third kappa shape index (κ3) is 2.96. The number of rotatable bonds is 4. The summed E-state index contributed by atoms with van der Waals surface area (Å²) in [6.45, 7) is 1.88. The van der Waals surface area contributed by atoms with Crippen LogP contribution in [0.5, 0.6) is 11.5 Å². The van der Waals surface area contributed by atoms with Gasteiger partial charge in [-0.3, -0.25) is 0 Å². The van der Waals surface area contributed by atoms with Gasteiger partial charge in [0.15, 0.2) is 0 Å². The second-order valence-electron chi connectivity index (χ2n) is 4.71. The highest BCUT2D eigenvalue weighted by atomic mass is 35.5. The Balaban J connectivity index is 2.55. The van der Waals surface area contributed by atoms with Crippen LogP contribution in [0.2, 0.25) is 5.02 Å². The van der Waals surface area contributed by atoms with E-state index in [0.29, 0.717) is 27.6 Å². The van der Waals surface area contributed by atoms with Gasteiger partial charge in [0, 0.05) is 11.1 Å². The number of nitrogens with two attached hydrogens (primary N) is 1. The average molecular weight is 310 g/mol. The number of benzene rings is 2. The summed E-state index contributed by atoms with van der Waals surface area (Å²) in [7, 11) is 3.00. The van der Waals surface area contributed by atoms with Gasteiger partial charge in [0.2, 0.25) is 0 Å². The molecule has 0 fully saturated rings. The summed E-state index contributed by atoms with van der Waals surface area (Å²) in [4.78, 5) is 0. The zero-order valence-electron chi connectivity index (χ0n) is 12.1. The first-order valence-electron chi connectivity index (χ1n) is 6.41. The predicted molar refractivity (Wildman–Crippen MR) is 81.7 cm³/mol. The van der Waals surface area contributed by atoms with Crippen molar-refractivity contribution in [3.05, 3.63) is 57.9 Å². The first kappa shape index (κ1) is 15.6. The van der Waals surface area contributed by atoms with Gasteiger partial charge < -0.3 is 15.2 Å². The van der Waals surface area contributed by atoms with Crippen molar-refractivity contribution in [2.24, 2.45) is 5.73 Å². The minimum atomic E-state index is -0.678. The molecule has 0 bridgehead atoms. The molecule has 3 nitrogen and oxygen atoms in total.